The fourth-order valence-corrected chi connectivity index (χ4v) is 3.19. The van der Waals surface area contributed by atoms with Crippen LogP contribution in [0.15, 0.2) is 36.5 Å². The zero-order valence-corrected chi connectivity index (χ0v) is 13.8. The third-order valence-corrected chi connectivity index (χ3v) is 4.45. The van der Waals surface area contributed by atoms with E-state index in [1.54, 1.807) is 7.11 Å². The monoisotopic (exact) mass is 321 g/mol. The number of pyridine rings is 1. The number of hydrogen-bond acceptors (Lipinski definition) is 4. The third-order valence-electron chi connectivity index (χ3n) is 4.45. The van der Waals surface area contributed by atoms with Gasteiger partial charge in [-0.25, -0.2) is 0 Å². The molecule has 120 valence electrons. The number of fused-ring (bicyclic) bond motifs is 1. The largest absolute Gasteiger partial charge is 0.381 e. The van der Waals surface area contributed by atoms with Crippen molar-refractivity contribution in [2.45, 2.75) is 31.5 Å². The second-order valence-corrected chi connectivity index (χ2v) is 5.77. The molecular formula is C17H24ClN3O. The van der Waals surface area contributed by atoms with E-state index < -0.39 is 0 Å². The van der Waals surface area contributed by atoms with Gasteiger partial charge in [-0.1, -0.05) is 12.1 Å². The zero-order valence-electron chi connectivity index (χ0n) is 12.9. The molecule has 0 radical (unpaired) electrons. The Labute approximate surface area is 138 Å². The smallest absolute Gasteiger partial charge is 0.0702 e. The number of halogens is 1. The Bertz CT molecular complexity index is 607. The Hall–Kier alpha value is -1.20. The standard InChI is InChI=1S/C17H23N3O.ClH/c1-21-16-6-8-20(15(10-16)11-18)12-13-4-5-17-14(9-13)3-2-7-19-17;/h2-5,7,9,15-16H,6,8,10-12,18H2,1H3;1H. The van der Waals surface area contributed by atoms with Gasteiger partial charge in [0.25, 0.3) is 0 Å². The summed E-state index contributed by atoms with van der Waals surface area (Å²) in [7, 11) is 1.80. The van der Waals surface area contributed by atoms with Gasteiger partial charge in [0.2, 0.25) is 0 Å². The average molecular weight is 322 g/mol. The number of nitrogens with zero attached hydrogens (tertiary/aromatic N) is 2. The molecule has 3 rings (SSSR count). The highest BCUT2D eigenvalue weighted by molar-refractivity contribution is 5.85. The molecule has 0 amide bonds. The maximum atomic E-state index is 5.95. The van der Waals surface area contributed by atoms with Gasteiger partial charge >= 0.3 is 0 Å². The van der Waals surface area contributed by atoms with Crippen LogP contribution in [0.3, 0.4) is 0 Å². The molecule has 1 aromatic carbocycles. The maximum Gasteiger partial charge on any atom is 0.0702 e. The van der Waals surface area contributed by atoms with Crippen LogP contribution in [-0.4, -0.2) is 42.2 Å². The summed E-state index contributed by atoms with van der Waals surface area (Å²) in [6.07, 6.45) is 4.31. The van der Waals surface area contributed by atoms with E-state index in [-0.39, 0.29) is 12.4 Å². The lowest BCUT2D eigenvalue weighted by Crippen LogP contribution is -2.47. The van der Waals surface area contributed by atoms with Crippen molar-refractivity contribution in [3.8, 4) is 0 Å². The molecule has 1 aliphatic rings. The first kappa shape index (κ1) is 17.2. The molecule has 1 aliphatic heterocycles. The Balaban J connectivity index is 0.00000176. The summed E-state index contributed by atoms with van der Waals surface area (Å²) < 4.78 is 5.49. The van der Waals surface area contributed by atoms with Crippen molar-refractivity contribution in [1.29, 1.82) is 0 Å². The zero-order chi connectivity index (χ0) is 14.7. The quantitative estimate of drug-likeness (QED) is 0.940. The van der Waals surface area contributed by atoms with E-state index >= 15 is 0 Å². The minimum atomic E-state index is 0. The van der Waals surface area contributed by atoms with Gasteiger partial charge in [-0.2, -0.15) is 0 Å². The van der Waals surface area contributed by atoms with Crippen LogP contribution >= 0.6 is 12.4 Å². The molecule has 4 nitrogen and oxygen atoms in total. The highest BCUT2D eigenvalue weighted by Gasteiger charge is 2.27. The molecule has 0 aliphatic carbocycles. The number of nitrogens with two attached hydrogens (primary N) is 1. The van der Waals surface area contributed by atoms with Gasteiger partial charge in [0.05, 0.1) is 11.6 Å². The second kappa shape index (κ2) is 7.88. The maximum absolute atomic E-state index is 5.95. The Morgan fingerprint density at radius 3 is 3.00 bits per heavy atom. The molecule has 2 N–H and O–H groups in total. The highest BCUT2D eigenvalue weighted by Crippen LogP contribution is 2.22. The van der Waals surface area contributed by atoms with Gasteiger partial charge in [-0.15, -0.1) is 12.4 Å². The third kappa shape index (κ3) is 3.76. The van der Waals surface area contributed by atoms with Gasteiger partial charge in [-0.05, 0) is 36.6 Å². The molecular weight excluding hydrogens is 298 g/mol. The van der Waals surface area contributed by atoms with Crippen molar-refractivity contribution >= 4 is 23.3 Å². The number of ether oxygens (including phenoxy) is 1. The van der Waals surface area contributed by atoms with E-state index in [0.717, 1.165) is 31.4 Å². The summed E-state index contributed by atoms with van der Waals surface area (Å²) in [6.45, 7) is 2.68. The topological polar surface area (TPSA) is 51.4 Å². The lowest BCUT2D eigenvalue weighted by molar-refractivity contribution is 0.0102. The van der Waals surface area contributed by atoms with Crippen molar-refractivity contribution in [2.24, 2.45) is 5.73 Å². The van der Waals surface area contributed by atoms with Crippen molar-refractivity contribution in [3.63, 3.8) is 0 Å². The first-order valence-electron chi connectivity index (χ1n) is 7.60. The Kier molecular flexibility index (Phi) is 6.15. The molecule has 22 heavy (non-hydrogen) atoms. The van der Waals surface area contributed by atoms with Crippen molar-refractivity contribution in [1.82, 2.24) is 9.88 Å². The highest BCUT2D eigenvalue weighted by atomic mass is 35.5. The molecule has 2 heterocycles. The SMILES string of the molecule is COC1CCN(Cc2ccc3ncccc3c2)C(CN)C1.Cl. The van der Waals surface area contributed by atoms with Crippen LogP contribution in [0.5, 0.6) is 0 Å². The number of likely N-dealkylation sites (tertiary alicyclic amines) is 1. The molecule has 5 heteroatoms. The minimum absolute atomic E-state index is 0. The second-order valence-electron chi connectivity index (χ2n) is 5.77. The molecule has 1 saturated heterocycles. The fourth-order valence-electron chi connectivity index (χ4n) is 3.19. The minimum Gasteiger partial charge on any atom is -0.381 e. The van der Waals surface area contributed by atoms with Crippen LogP contribution in [0.1, 0.15) is 18.4 Å². The molecule has 1 fully saturated rings. The number of piperidine rings is 1. The number of rotatable bonds is 4. The summed E-state index contributed by atoms with van der Waals surface area (Å²) in [5.41, 5.74) is 8.32. The molecule has 0 bridgehead atoms. The van der Waals surface area contributed by atoms with Gasteiger partial charge in [-0.3, -0.25) is 9.88 Å². The fraction of sp³-hybridized carbons (Fsp3) is 0.471. The van der Waals surface area contributed by atoms with E-state index in [0.29, 0.717) is 18.7 Å². The summed E-state index contributed by atoms with van der Waals surface area (Å²) in [4.78, 5) is 6.85. The summed E-state index contributed by atoms with van der Waals surface area (Å²) in [5, 5.41) is 1.20. The van der Waals surface area contributed by atoms with E-state index in [1.807, 2.05) is 12.3 Å². The van der Waals surface area contributed by atoms with Gasteiger partial charge in [0, 0.05) is 44.4 Å². The lowest BCUT2D eigenvalue weighted by Gasteiger charge is -2.38. The van der Waals surface area contributed by atoms with Crippen LogP contribution in [0.25, 0.3) is 10.9 Å². The van der Waals surface area contributed by atoms with Crippen LogP contribution < -0.4 is 5.73 Å². The number of aromatic nitrogens is 1. The number of methoxy groups -OCH3 is 1. The predicted molar refractivity (Wildman–Crippen MR) is 92.3 cm³/mol. The molecule has 2 unspecified atom stereocenters. The average Bonchev–Trinajstić information content (AvgIpc) is 2.55. The van der Waals surface area contributed by atoms with Crippen LogP contribution in [-0.2, 0) is 11.3 Å². The summed E-state index contributed by atoms with van der Waals surface area (Å²) >= 11 is 0. The van der Waals surface area contributed by atoms with Crippen molar-refractivity contribution in [3.05, 3.63) is 42.1 Å². The van der Waals surface area contributed by atoms with E-state index in [4.69, 9.17) is 10.5 Å². The summed E-state index contributed by atoms with van der Waals surface area (Å²) in [6, 6.07) is 11.0. The number of hydrogen-bond donors (Lipinski definition) is 1. The molecule has 0 spiro atoms. The van der Waals surface area contributed by atoms with Crippen LogP contribution in [0.4, 0.5) is 0 Å². The van der Waals surface area contributed by atoms with E-state index in [1.165, 1.54) is 10.9 Å². The number of benzene rings is 1. The Morgan fingerprint density at radius 2 is 2.23 bits per heavy atom. The van der Waals surface area contributed by atoms with Crippen molar-refractivity contribution < 1.29 is 4.74 Å². The van der Waals surface area contributed by atoms with E-state index in [9.17, 15) is 0 Å². The first-order chi connectivity index (χ1) is 10.3. The molecule has 0 saturated carbocycles. The van der Waals surface area contributed by atoms with Gasteiger partial charge in [0.15, 0.2) is 0 Å². The van der Waals surface area contributed by atoms with Crippen LogP contribution in [0.2, 0.25) is 0 Å². The first-order valence-corrected chi connectivity index (χ1v) is 7.60. The molecule has 1 aromatic heterocycles. The molecule has 2 atom stereocenters. The van der Waals surface area contributed by atoms with Gasteiger partial charge in [0.1, 0.15) is 0 Å². The summed E-state index contributed by atoms with van der Waals surface area (Å²) in [5.74, 6) is 0. The van der Waals surface area contributed by atoms with E-state index in [2.05, 4.69) is 34.1 Å². The normalized spacial score (nSPS) is 22.5. The Morgan fingerprint density at radius 1 is 1.36 bits per heavy atom. The van der Waals surface area contributed by atoms with Crippen molar-refractivity contribution in [2.75, 3.05) is 20.2 Å². The predicted octanol–water partition coefficient (Wildman–Crippen LogP) is 2.59. The lowest BCUT2D eigenvalue weighted by atomic mass is 9.98. The van der Waals surface area contributed by atoms with Crippen LogP contribution in [0, 0.1) is 0 Å². The van der Waals surface area contributed by atoms with Gasteiger partial charge < -0.3 is 10.5 Å². The molecule has 2 aromatic rings.